The molecule has 1 aliphatic rings. The number of amides is 1. The van der Waals surface area contributed by atoms with Crippen LogP contribution in [-0.2, 0) is 10.3 Å². The van der Waals surface area contributed by atoms with Crippen molar-refractivity contribution in [2.24, 2.45) is 0 Å². The first-order chi connectivity index (χ1) is 12.0. The predicted molar refractivity (Wildman–Crippen MR) is 96.7 cm³/mol. The van der Waals surface area contributed by atoms with Crippen LogP contribution in [0.3, 0.4) is 0 Å². The number of rotatable bonds is 6. The number of benzene rings is 2. The Hall–Kier alpha value is -2.60. The van der Waals surface area contributed by atoms with Gasteiger partial charge in [0.15, 0.2) is 0 Å². The number of hydrogen-bond donors (Lipinski definition) is 2. The summed E-state index contributed by atoms with van der Waals surface area (Å²) in [7, 11) is 0. The number of nitrogens with one attached hydrogen (secondary N) is 2. The van der Waals surface area contributed by atoms with E-state index < -0.39 is 4.92 Å². The van der Waals surface area contributed by atoms with Crippen LogP contribution in [0.25, 0.3) is 0 Å². The molecule has 3 rings (SSSR count). The van der Waals surface area contributed by atoms with Crippen LogP contribution in [0.15, 0.2) is 48.5 Å². The lowest BCUT2D eigenvalue weighted by Gasteiger charge is -2.43. The van der Waals surface area contributed by atoms with Crippen LogP contribution in [0.4, 0.5) is 11.4 Å². The second kappa shape index (κ2) is 7.11. The van der Waals surface area contributed by atoms with Crippen LogP contribution in [0, 0.1) is 10.1 Å². The average Bonchev–Trinajstić information content (AvgIpc) is 2.57. The zero-order valence-electron chi connectivity index (χ0n) is 13.5. The molecule has 1 fully saturated rings. The number of carbonyl (C=O) groups excluding carboxylic acids is 1. The highest BCUT2D eigenvalue weighted by Crippen LogP contribution is 2.41. The Kier molecular flexibility index (Phi) is 4.90. The van der Waals surface area contributed by atoms with Gasteiger partial charge in [-0.1, -0.05) is 35.9 Å². The number of nitro benzene ring substituents is 1. The molecular formula is C18H18ClN3O3. The van der Waals surface area contributed by atoms with E-state index in [2.05, 4.69) is 10.6 Å². The van der Waals surface area contributed by atoms with Crippen molar-refractivity contribution < 1.29 is 9.72 Å². The minimum absolute atomic E-state index is 0.0276. The van der Waals surface area contributed by atoms with E-state index in [0.29, 0.717) is 10.7 Å². The minimum atomic E-state index is -0.471. The van der Waals surface area contributed by atoms with E-state index >= 15 is 0 Å². The van der Waals surface area contributed by atoms with Crippen LogP contribution >= 0.6 is 11.6 Å². The molecule has 2 N–H and O–H groups in total. The normalized spacial score (nSPS) is 15.1. The smallest absolute Gasteiger partial charge is 0.292 e. The molecule has 0 unspecified atom stereocenters. The monoisotopic (exact) mass is 359 g/mol. The Labute approximate surface area is 150 Å². The number of nitro groups is 1. The van der Waals surface area contributed by atoms with Crippen molar-refractivity contribution >= 4 is 28.9 Å². The summed E-state index contributed by atoms with van der Waals surface area (Å²) < 4.78 is 0. The number of anilines is 1. The van der Waals surface area contributed by atoms with Crippen molar-refractivity contribution in [1.29, 1.82) is 0 Å². The summed E-state index contributed by atoms with van der Waals surface area (Å²) in [6.45, 7) is -0.0276. The Bertz CT molecular complexity index is 788. The molecule has 0 spiro atoms. The van der Waals surface area contributed by atoms with Gasteiger partial charge in [-0.3, -0.25) is 14.9 Å². The van der Waals surface area contributed by atoms with Gasteiger partial charge in [-0.2, -0.15) is 0 Å². The molecule has 0 atom stereocenters. The van der Waals surface area contributed by atoms with Gasteiger partial charge in [-0.25, -0.2) is 0 Å². The largest absolute Gasteiger partial charge is 0.371 e. The number of nitrogens with zero attached hydrogens (tertiary/aromatic N) is 1. The third-order valence-electron chi connectivity index (χ3n) is 4.52. The minimum Gasteiger partial charge on any atom is -0.371 e. The maximum atomic E-state index is 12.4. The fourth-order valence-corrected chi connectivity index (χ4v) is 3.18. The molecule has 130 valence electrons. The lowest BCUT2D eigenvalue weighted by molar-refractivity contribution is -0.383. The van der Waals surface area contributed by atoms with Gasteiger partial charge in [0.1, 0.15) is 5.69 Å². The third-order valence-corrected chi connectivity index (χ3v) is 4.77. The van der Waals surface area contributed by atoms with Gasteiger partial charge < -0.3 is 10.6 Å². The summed E-state index contributed by atoms with van der Waals surface area (Å²) in [5, 5.41) is 17.6. The Morgan fingerprint density at radius 3 is 2.44 bits per heavy atom. The first-order valence-electron chi connectivity index (χ1n) is 8.04. The SMILES string of the molecule is O=C(CNc1ccccc1[N+](=O)[O-])NC1(c2ccc(Cl)cc2)CCC1. The first kappa shape index (κ1) is 17.2. The Balaban J connectivity index is 1.66. The number of para-hydroxylation sites is 2. The molecule has 0 radical (unpaired) electrons. The predicted octanol–water partition coefficient (Wildman–Crippen LogP) is 3.86. The molecule has 0 bridgehead atoms. The third kappa shape index (κ3) is 3.74. The second-order valence-corrected chi connectivity index (χ2v) is 6.55. The van der Waals surface area contributed by atoms with Crippen LogP contribution < -0.4 is 10.6 Å². The van der Waals surface area contributed by atoms with Gasteiger partial charge >= 0.3 is 0 Å². The van der Waals surface area contributed by atoms with Crippen LogP contribution in [0.5, 0.6) is 0 Å². The van der Waals surface area contributed by atoms with Crippen molar-refractivity contribution in [3.63, 3.8) is 0 Å². The lowest BCUT2D eigenvalue weighted by atomic mass is 9.72. The molecule has 2 aromatic rings. The molecule has 0 aliphatic heterocycles. The van der Waals surface area contributed by atoms with Crippen LogP contribution in [-0.4, -0.2) is 17.4 Å². The molecule has 0 aromatic heterocycles. The maximum Gasteiger partial charge on any atom is 0.292 e. The van der Waals surface area contributed by atoms with Gasteiger partial charge in [-0.15, -0.1) is 0 Å². The highest BCUT2D eigenvalue weighted by molar-refractivity contribution is 6.30. The standard InChI is InChI=1S/C18H18ClN3O3/c19-14-8-6-13(7-9-14)18(10-3-11-18)21-17(23)12-20-15-4-1-2-5-16(15)22(24)25/h1-2,4-9,20H,3,10-12H2,(H,21,23). The highest BCUT2D eigenvalue weighted by atomic mass is 35.5. The fourth-order valence-electron chi connectivity index (χ4n) is 3.05. The van der Waals surface area contributed by atoms with Crippen LogP contribution in [0.2, 0.25) is 5.02 Å². The maximum absolute atomic E-state index is 12.4. The number of hydrogen-bond acceptors (Lipinski definition) is 4. The summed E-state index contributed by atoms with van der Waals surface area (Å²) in [5.41, 5.74) is 0.941. The number of halogens is 1. The Morgan fingerprint density at radius 1 is 1.16 bits per heavy atom. The van der Waals surface area contributed by atoms with E-state index in [1.165, 1.54) is 6.07 Å². The quantitative estimate of drug-likeness (QED) is 0.606. The van der Waals surface area contributed by atoms with Gasteiger partial charge in [0.2, 0.25) is 5.91 Å². The zero-order valence-corrected chi connectivity index (χ0v) is 14.3. The molecular weight excluding hydrogens is 342 g/mol. The molecule has 0 saturated heterocycles. The first-order valence-corrected chi connectivity index (χ1v) is 8.42. The van der Waals surface area contributed by atoms with Crippen molar-refractivity contribution in [3.05, 3.63) is 69.2 Å². The van der Waals surface area contributed by atoms with E-state index in [0.717, 1.165) is 24.8 Å². The second-order valence-electron chi connectivity index (χ2n) is 6.12. The molecule has 2 aromatic carbocycles. The lowest BCUT2D eigenvalue weighted by Crippen LogP contribution is -2.52. The van der Waals surface area contributed by atoms with Gasteiger partial charge in [0, 0.05) is 11.1 Å². The topological polar surface area (TPSA) is 84.3 Å². The zero-order chi connectivity index (χ0) is 17.9. The Morgan fingerprint density at radius 2 is 1.84 bits per heavy atom. The molecule has 1 saturated carbocycles. The van der Waals surface area contributed by atoms with E-state index in [9.17, 15) is 14.9 Å². The fraction of sp³-hybridized carbons (Fsp3) is 0.278. The molecule has 25 heavy (non-hydrogen) atoms. The summed E-state index contributed by atoms with van der Waals surface area (Å²) in [6, 6.07) is 13.8. The number of carbonyl (C=O) groups is 1. The van der Waals surface area contributed by atoms with Gasteiger partial charge in [0.25, 0.3) is 5.69 Å². The van der Waals surface area contributed by atoms with Gasteiger partial charge in [-0.05, 0) is 43.0 Å². The molecule has 1 amide bonds. The highest BCUT2D eigenvalue weighted by Gasteiger charge is 2.39. The van der Waals surface area contributed by atoms with Crippen molar-refractivity contribution in [2.45, 2.75) is 24.8 Å². The van der Waals surface area contributed by atoms with Crippen molar-refractivity contribution in [2.75, 3.05) is 11.9 Å². The summed E-state index contributed by atoms with van der Waals surface area (Å²) in [6.07, 6.45) is 2.78. The molecule has 0 heterocycles. The summed E-state index contributed by atoms with van der Waals surface area (Å²) in [4.78, 5) is 22.9. The van der Waals surface area contributed by atoms with E-state index in [4.69, 9.17) is 11.6 Å². The van der Waals surface area contributed by atoms with E-state index in [1.54, 1.807) is 18.2 Å². The molecule has 1 aliphatic carbocycles. The van der Waals surface area contributed by atoms with E-state index in [1.807, 2.05) is 24.3 Å². The summed E-state index contributed by atoms with van der Waals surface area (Å²) in [5.74, 6) is -0.201. The molecule has 7 heteroatoms. The molecule has 6 nitrogen and oxygen atoms in total. The van der Waals surface area contributed by atoms with Crippen molar-refractivity contribution in [3.8, 4) is 0 Å². The summed E-state index contributed by atoms with van der Waals surface area (Å²) >= 11 is 5.93. The van der Waals surface area contributed by atoms with Crippen molar-refractivity contribution in [1.82, 2.24) is 5.32 Å². The van der Waals surface area contributed by atoms with E-state index in [-0.39, 0.29) is 23.7 Å². The average molecular weight is 360 g/mol. The van der Waals surface area contributed by atoms with Gasteiger partial charge in [0.05, 0.1) is 17.0 Å². The van der Waals surface area contributed by atoms with Crippen LogP contribution in [0.1, 0.15) is 24.8 Å².